The number of fused-ring (bicyclic) bond motifs is 1. The van der Waals surface area contributed by atoms with Gasteiger partial charge in [0, 0.05) is 24.7 Å². The fourth-order valence-corrected chi connectivity index (χ4v) is 5.64. The van der Waals surface area contributed by atoms with Crippen molar-refractivity contribution in [1.29, 1.82) is 0 Å². The Balaban J connectivity index is 1.40. The number of furan rings is 1. The Kier molecular flexibility index (Phi) is 5.29. The highest BCUT2D eigenvalue weighted by Crippen LogP contribution is 2.27. The molecule has 1 aromatic heterocycles. The minimum atomic E-state index is -3.50. The minimum absolute atomic E-state index is 0.0491. The van der Waals surface area contributed by atoms with E-state index in [0.717, 1.165) is 24.8 Å². The molecule has 2 aliphatic rings. The van der Waals surface area contributed by atoms with E-state index in [0.29, 0.717) is 36.6 Å². The molecule has 1 aliphatic carbocycles. The van der Waals surface area contributed by atoms with Gasteiger partial charge in [-0.3, -0.25) is 4.79 Å². The Morgan fingerprint density at radius 2 is 1.82 bits per heavy atom. The van der Waals surface area contributed by atoms with Crippen LogP contribution in [0.2, 0.25) is 0 Å². The van der Waals surface area contributed by atoms with Crippen LogP contribution >= 0.6 is 0 Å². The van der Waals surface area contributed by atoms with E-state index in [1.807, 2.05) is 19.1 Å². The van der Waals surface area contributed by atoms with E-state index in [1.54, 1.807) is 16.4 Å². The van der Waals surface area contributed by atoms with Crippen molar-refractivity contribution in [3.63, 3.8) is 0 Å². The zero-order valence-corrected chi connectivity index (χ0v) is 16.9. The molecule has 7 heteroatoms. The number of piperidine rings is 1. The second-order valence-corrected chi connectivity index (χ2v) is 9.66. The Bertz CT molecular complexity index is 972. The van der Waals surface area contributed by atoms with Crippen LogP contribution in [0, 0.1) is 6.92 Å². The first-order valence-corrected chi connectivity index (χ1v) is 11.4. The molecular formula is C21H26N2O4S. The van der Waals surface area contributed by atoms with Gasteiger partial charge in [-0.15, -0.1) is 0 Å². The average molecular weight is 403 g/mol. The monoisotopic (exact) mass is 402 g/mol. The average Bonchev–Trinajstić information content (AvgIpc) is 3.14. The number of hydrogen-bond acceptors (Lipinski definition) is 4. The van der Waals surface area contributed by atoms with Crippen LogP contribution in [-0.2, 0) is 22.9 Å². The molecule has 0 saturated carbocycles. The van der Waals surface area contributed by atoms with E-state index < -0.39 is 10.0 Å². The first-order valence-electron chi connectivity index (χ1n) is 9.92. The molecule has 1 aromatic carbocycles. The number of amides is 1. The molecule has 1 amide bonds. The first kappa shape index (κ1) is 19.2. The molecule has 0 unspecified atom stereocenters. The van der Waals surface area contributed by atoms with E-state index in [4.69, 9.17) is 4.42 Å². The summed E-state index contributed by atoms with van der Waals surface area (Å²) in [5, 5.41) is 2.96. The number of sulfonamides is 1. The zero-order chi connectivity index (χ0) is 19.7. The summed E-state index contributed by atoms with van der Waals surface area (Å²) in [7, 11) is -3.50. The minimum Gasteiger partial charge on any atom is -0.459 e. The molecule has 4 rings (SSSR count). The SMILES string of the molecule is Cc1ccoc1C(=O)NC1CCN(S(=O)(=O)c2ccc3c(c2)CCCC3)CC1. The maximum absolute atomic E-state index is 13.1. The van der Waals surface area contributed by atoms with Crippen molar-refractivity contribution in [1.82, 2.24) is 9.62 Å². The van der Waals surface area contributed by atoms with Gasteiger partial charge in [-0.05, 0) is 74.8 Å². The maximum Gasteiger partial charge on any atom is 0.287 e. The molecule has 0 radical (unpaired) electrons. The summed E-state index contributed by atoms with van der Waals surface area (Å²) in [5.41, 5.74) is 3.24. The summed E-state index contributed by atoms with van der Waals surface area (Å²) in [6, 6.07) is 7.28. The second kappa shape index (κ2) is 7.72. The lowest BCUT2D eigenvalue weighted by Gasteiger charge is -2.31. The highest BCUT2D eigenvalue weighted by Gasteiger charge is 2.31. The standard InChI is InChI=1S/C21H26N2O4S/c1-15-10-13-27-20(15)21(24)22-18-8-11-23(12-9-18)28(25,26)19-7-6-16-4-2-3-5-17(16)14-19/h6-7,10,13-14,18H,2-5,8-9,11-12H2,1H3,(H,22,24). The fraction of sp³-hybridized carbons (Fsp3) is 0.476. The van der Waals surface area contributed by atoms with Gasteiger partial charge in [0.15, 0.2) is 5.76 Å². The van der Waals surface area contributed by atoms with Crippen molar-refractivity contribution in [3.05, 3.63) is 53.0 Å². The van der Waals surface area contributed by atoms with Gasteiger partial charge < -0.3 is 9.73 Å². The van der Waals surface area contributed by atoms with Crippen molar-refractivity contribution < 1.29 is 17.6 Å². The summed E-state index contributed by atoms with van der Waals surface area (Å²) in [6.07, 6.45) is 6.98. The van der Waals surface area contributed by atoms with E-state index in [2.05, 4.69) is 5.32 Å². The zero-order valence-electron chi connectivity index (χ0n) is 16.1. The van der Waals surface area contributed by atoms with Gasteiger partial charge in [0.2, 0.25) is 10.0 Å². The largest absolute Gasteiger partial charge is 0.459 e. The summed E-state index contributed by atoms with van der Waals surface area (Å²) in [5.74, 6) is 0.0857. The molecule has 150 valence electrons. The Hall–Kier alpha value is -2.12. The van der Waals surface area contributed by atoms with Crippen LogP contribution in [0.25, 0.3) is 0 Å². The summed E-state index contributed by atoms with van der Waals surface area (Å²) in [4.78, 5) is 12.7. The molecule has 28 heavy (non-hydrogen) atoms. The fourth-order valence-electron chi connectivity index (χ4n) is 4.12. The summed E-state index contributed by atoms with van der Waals surface area (Å²) < 4.78 is 32.9. The number of nitrogens with one attached hydrogen (secondary N) is 1. The molecule has 1 N–H and O–H groups in total. The van der Waals surface area contributed by atoms with Crippen LogP contribution in [0.15, 0.2) is 39.8 Å². The molecule has 0 bridgehead atoms. The van der Waals surface area contributed by atoms with Crippen LogP contribution in [-0.4, -0.2) is 37.8 Å². The van der Waals surface area contributed by atoms with Crippen LogP contribution in [0.4, 0.5) is 0 Å². The lowest BCUT2D eigenvalue weighted by molar-refractivity contribution is 0.0895. The first-order chi connectivity index (χ1) is 13.4. The highest BCUT2D eigenvalue weighted by molar-refractivity contribution is 7.89. The van der Waals surface area contributed by atoms with Crippen LogP contribution in [0.3, 0.4) is 0 Å². The number of benzene rings is 1. The molecule has 2 aromatic rings. The molecular weight excluding hydrogens is 376 g/mol. The Morgan fingerprint density at radius 1 is 1.11 bits per heavy atom. The van der Waals surface area contributed by atoms with E-state index in [1.165, 1.54) is 23.8 Å². The van der Waals surface area contributed by atoms with Gasteiger partial charge in [0.25, 0.3) is 5.91 Å². The van der Waals surface area contributed by atoms with E-state index in [-0.39, 0.29) is 11.9 Å². The van der Waals surface area contributed by atoms with Crippen molar-refractivity contribution >= 4 is 15.9 Å². The third-order valence-electron chi connectivity index (χ3n) is 5.82. The molecule has 0 spiro atoms. The Labute approximate surface area is 166 Å². The predicted octanol–water partition coefficient (Wildman–Crippen LogP) is 3.05. The van der Waals surface area contributed by atoms with Gasteiger partial charge in [-0.25, -0.2) is 8.42 Å². The number of hydrogen-bond donors (Lipinski definition) is 1. The third kappa shape index (κ3) is 3.73. The molecule has 1 saturated heterocycles. The van der Waals surface area contributed by atoms with Crippen molar-refractivity contribution in [3.8, 4) is 0 Å². The van der Waals surface area contributed by atoms with Gasteiger partial charge in [0.05, 0.1) is 11.2 Å². The Morgan fingerprint density at radius 3 is 2.50 bits per heavy atom. The highest BCUT2D eigenvalue weighted by atomic mass is 32.2. The quantitative estimate of drug-likeness (QED) is 0.852. The number of aryl methyl sites for hydroxylation is 3. The number of rotatable bonds is 4. The molecule has 2 heterocycles. The van der Waals surface area contributed by atoms with E-state index in [9.17, 15) is 13.2 Å². The van der Waals surface area contributed by atoms with Crippen LogP contribution in [0.5, 0.6) is 0 Å². The maximum atomic E-state index is 13.1. The van der Waals surface area contributed by atoms with E-state index >= 15 is 0 Å². The predicted molar refractivity (Wildman–Crippen MR) is 106 cm³/mol. The van der Waals surface area contributed by atoms with Gasteiger partial charge in [-0.1, -0.05) is 6.07 Å². The summed E-state index contributed by atoms with van der Waals surface area (Å²) >= 11 is 0. The van der Waals surface area contributed by atoms with Gasteiger partial charge in [-0.2, -0.15) is 4.31 Å². The second-order valence-electron chi connectivity index (χ2n) is 7.72. The lowest BCUT2D eigenvalue weighted by Crippen LogP contribution is -2.46. The molecule has 1 aliphatic heterocycles. The van der Waals surface area contributed by atoms with Crippen molar-refractivity contribution in [2.45, 2.75) is 56.4 Å². The lowest BCUT2D eigenvalue weighted by atomic mass is 9.92. The third-order valence-corrected chi connectivity index (χ3v) is 7.71. The molecule has 6 nitrogen and oxygen atoms in total. The van der Waals surface area contributed by atoms with Gasteiger partial charge >= 0.3 is 0 Å². The van der Waals surface area contributed by atoms with Crippen molar-refractivity contribution in [2.24, 2.45) is 0 Å². The number of carbonyl (C=O) groups is 1. The normalized spacial score (nSPS) is 18.6. The number of nitrogens with zero attached hydrogens (tertiary/aromatic N) is 1. The van der Waals surface area contributed by atoms with Crippen molar-refractivity contribution in [2.75, 3.05) is 13.1 Å². The van der Waals surface area contributed by atoms with Crippen LogP contribution < -0.4 is 5.32 Å². The van der Waals surface area contributed by atoms with Crippen LogP contribution in [0.1, 0.15) is 52.9 Å². The smallest absolute Gasteiger partial charge is 0.287 e. The number of carbonyl (C=O) groups excluding carboxylic acids is 1. The topological polar surface area (TPSA) is 79.6 Å². The molecule has 1 fully saturated rings. The van der Waals surface area contributed by atoms with Gasteiger partial charge in [0.1, 0.15) is 0 Å². The molecule has 0 atom stereocenters. The summed E-state index contributed by atoms with van der Waals surface area (Å²) in [6.45, 7) is 2.63.